The van der Waals surface area contributed by atoms with Gasteiger partial charge in [0.2, 0.25) is 0 Å². The molecule has 0 aliphatic carbocycles. The molecule has 0 amide bonds. The van der Waals surface area contributed by atoms with Crippen molar-refractivity contribution in [3.8, 4) is 0 Å². The largest absolute Gasteiger partial charge is 0.462 e. The fraction of sp³-hybridized carbons (Fsp3) is 0.797. The summed E-state index contributed by atoms with van der Waals surface area (Å²) in [4.78, 5) is 38.3. The maximum atomic E-state index is 12.9. The van der Waals surface area contributed by atoms with Crippen molar-refractivity contribution in [1.29, 1.82) is 0 Å². The summed E-state index contributed by atoms with van der Waals surface area (Å²) in [7, 11) is 0. The van der Waals surface area contributed by atoms with Crippen LogP contribution >= 0.6 is 0 Å². The lowest BCUT2D eigenvalue weighted by molar-refractivity contribution is -0.167. The molecule has 0 saturated carbocycles. The molecule has 0 fully saturated rings. The van der Waals surface area contributed by atoms with Gasteiger partial charge in [0.05, 0.1) is 0 Å². The molecule has 0 saturated heterocycles. The second kappa shape index (κ2) is 68.3. The molecular weight excluding hydrogens is 985 g/mol. The molecule has 0 radical (unpaired) electrons. The Bertz CT molecular complexity index is 1470. The number of allylic oxidation sites excluding steroid dienone is 12. The number of carbonyl (C=O) groups excluding carboxylic acids is 3. The molecule has 80 heavy (non-hydrogen) atoms. The van der Waals surface area contributed by atoms with Crippen molar-refractivity contribution >= 4 is 17.9 Å². The molecule has 0 aromatic rings. The summed E-state index contributed by atoms with van der Waals surface area (Å²) in [5.74, 6) is -0.875. The highest BCUT2D eigenvalue weighted by Crippen LogP contribution is 2.18. The molecule has 6 heteroatoms. The van der Waals surface area contributed by atoms with Crippen molar-refractivity contribution in [3.05, 3.63) is 72.9 Å². The van der Waals surface area contributed by atoms with Gasteiger partial charge in [0.15, 0.2) is 6.10 Å². The van der Waals surface area contributed by atoms with Crippen LogP contribution in [0.4, 0.5) is 0 Å². The van der Waals surface area contributed by atoms with Crippen LogP contribution in [0.25, 0.3) is 0 Å². The van der Waals surface area contributed by atoms with Crippen molar-refractivity contribution in [2.24, 2.45) is 0 Å². The highest BCUT2D eigenvalue weighted by molar-refractivity contribution is 5.71. The average Bonchev–Trinajstić information content (AvgIpc) is 3.46. The molecule has 0 aliphatic rings. The van der Waals surface area contributed by atoms with Crippen molar-refractivity contribution < 1.29 is 28.6 Å². The molecule has 0 heterocycles. The summed E-state index contributed by atoms with van der Waals surface area (Å²) < 4.78 is 16.9. The van der Waals surface area contributed by atoms with E-state index in [1.54, 1.807) is 0 Å². The molecule has 464 valence electrons. The van der Waals surface area contributed by atoms with E-state index in [2.05, 4.69) is 93.7 Å². The van der Waals surface area contributed by atoms with E-state index in [1.807, 2.05) is 0 Å². The van der Waals surface area contributed by atoms with Gasteiger partial charge in [-0.15, -0.1) is 0 Å². The zero-order chi connectivity index (χ0) is 57.8. The van der Waals surface area contributed by atoms with Crippen LogP contribution in [-0.4, -0.2) is 37.2 Å². The summed E-state index contributed by atoms with van der Waals surface area (Å²) >= 11 is 0. The summed E-state index contributed by atoms with van der Waals surface area (Å²) in [6.45, 7) is 6.50. The van der Waals surface area contributed by atoms with E-state index in [9.17, 15) is 14.4 Å². The molecule has 0 rings (SSSR count). The lowest BCUT2D eigenvalue weighted by Crippen LogP contribution is -2.30. The van der Waals surface area contributed by atoms with Crippen LogP contribution in [0, 0.1) is 0 Å². The number of ether oxygens (including phenoxy) is 3. The van der Waals surface area contributed by atoms with Crippen LogP contribution in [-0.2, 0) is 28.6 Å². The minimum Gasteiger partial charge on any atom is -0.462 e. The average molecular weight is 1120 g/mol. The first-order valence-corrected chi connectivity index (χ1v) is 34.9. The van der Waals surface area contributed by atoms with Crippen molar-refractivity contribution in [3.63, 3.8) is 0 Å². The van der Waals surface area contributed by atoms with Gasteiger partial charge in [-0.1, -0.05) is 312 Å². The highest BCUT2D eigenvalue weighted by Gasteiger charge is 2.19. The molecule has 1 unspecified atom stereocenters. The molecule has 0 spiro atoms. The number of unbranched alkanes of at least 4 members (excludes halogenated alkanes) is 41. The number of esters is 3. The van der Waals surface area contributed by atoms with Crippen LogP contribution in [0.3, 0.4) is 0 Å². The SMILES string of the molecule is CC/C=C\C/C=C\C/C=C\C/C=C\CCCCCCCCCCCCC(=O)OC(COC(=O)CCCCCCC/C=C\CCC)COC(=O)CCCCCCCCCCCCCCCCCCC/C=C\CCCCCCCCCC. The Balaban J connectivity index is 4.15. The lowest BCUT2D eigenvalue weighted by Gasteiger charge is -2.18. The Labute approximate surface area is 497 Å². The van der Waals surface area contributed by atoms with E-state index >= 15 is 0 Å². The zero-order valence-corrected chi connectivity index (χ0v) is 53.3. The third-order valence-electron chi connectivity index (χ3n) is 15.4. The van der Waals surface area contributed by atoms with Gasteiger partial charge >= 0.3 is 17.9 Å². The van der Waals surface area contributed by atoms with E-state index in [0.717, 1.165) is 96.3 Å². The van der Waals surface area contributed by atoms with E-state index in [1.165, 1.54) is 225 Å². The van der Waals surface area contributed by atoms with Crippen LogP contribution in [0.1, 0.15) is 361 Å². The molecule has 0 aromatic carbocycles. The molecule has 0 bridgehead atoms. The molecule has 1 atom stereocenters. The molecule has 6 nitrogen and oxygen atoms in total. The first-order valence-electron chi connectivity index (χ1n) is 34.9. The topological polar surface area (TPSA) is 78.9 Å². The first-order chi connectivity index (χ1) is 39.5. The number of hydrogen-bond donors (Lipinski definition) is 0. The van der Waals surface area contributed by atoms with Crippen molar-refractivity contribution in [1.82, 2.24) is 0 Å². The summed E-state index contributed by atoms with van der Waals surface area (Å²) in [5, 5.41) is 0. The lowest BCUT2D eigenvalue weighted by atomic mass is 10.0. The molecular formula is C74H132O6. The van der Waals surface area contributed by atoms with Gasteiger partial charge < -0.3 is 14.2 Å². The Morgan fingerprint density at radius 1 is 0.263 bits per heavy atom. The predicted octanol–water partition coefficient (Wildman–Crippen LogP) is 24.1. The fourth-order valence-corrected chi connectivity index (χ4v) is 10.2. The van der Waals surface area contributed by atoms with Crippen molar-refractivity contribution in [2.45, 2.75) is 367 Å². The zero-order valence-electron chi connectivity index (χ0n) is 53.3. The van der Waals surface area contributed by atoms with Crippen LogP contribution in [0.5, 0.6) is 0 Å². The predicted molar refractivity (Wildman–Crippen MR) is 348 cm³/mol. The highest BCUT2D eigenvalue weighted by atomic mass is 16.6. The number of carbonyl (C=O) groups is 3. The maximum absolute atomic E-state index is 12.9. The molecule has 0 aromatic heterocycles. The minimum atomic E-state index is -0.781. The quantitative estimate of drug-likeness (QED) is 0.0261. The Morgan fingerprint density at radius 3 is 0.825 bits per heavy atom. The van der Waals surface area contributed by atoms with E-state index in [4.69, 9.17) is 14.2 Å². The summed E-state index contributed by atoms with van der Waals surface area (Å²) in [6.07, 6.45) is 89.5. The van der Waals surface area contributed by atoms with Gasteiger partial charge in [-0.05, 0) is 103 Å². The number of hydrogen-bond acceptors (Lipinski definition) is 6. The standard InChI is InChI=1S/C74H132O6/c1-4-7-10-13-16-19-22-24-26-28-30-32-34-35-36-37-38-39-41-42-44-46-48-50-52-55-58-61-64-67-73(76)79-70-71(69-78-72(75)66-63-60-57-54-21-18-15-12-9-6-3)80-74(77)68-65-62-59-56-53-51-49-47-45-43-40-33-31-29-27-25-23-20-17-14-11-8-5-2/h8,11-12,15,17,20,25,27-28,30-31,33,71H,4-7,9-10,13-14,16,18-19,21-24,26,29,32,34-70H2,1-3H3/b11-8-,15-12-,20-17-,27-25-,30-28-,33-31-. The smallest absolute Gasteiger partial charge is 0.306 e. The van der Waals surface area contributed by atoms with E-state index < -0.39 is 6.10 Å². The Kier molecular flexibility index (Phi) is 65.7. The van der Waals surface area contributed by atoms with Gasteiger partial charge in [-0.3, -0.25) is 14.4 Å². The Hall–Kier alpha value is -3.15. The monoisotopic (exact) mass is 1120 g/mol. The van der Waals surface area contributed by atoms with Crippen LogP contribution < -0.4 is 0 Å². The van der Waals surface area contributed by atoms with Gasteiger partial charge in [-0.25, -0.2) is 0 Å². The third kappa shape index (κ3) is 65.7. The summed E-state index contributed by atoms with van der Waals surface area (Å²) in [5.41, 5.74) is 0. The van der Waals surface area contributed by atoms with Gasteiger partial charge in [0.25, 0.3) is 0 Å². The third-order valence-corrected chi connectivity index (χ3v) is 15.4. The van der Waals surface area contributed by atoms with Crippen LogP contribution in [0.2, 0.25) is 0 Å². The Morgan fingerprint density at radius 2 is 0.512 bits per heavy atom. The number of rotatable bonds is 64. The minimum absolute atomic E-state index is 0.0767. The normalized spacial score (nSPS) is 12.5. The second-order valence-corrected chi connectivity index (χ2v) is 23.4. The second-order valence-electron chi connectivity index (χ2n) is 23.4. The maximum Gasteiger partial charge on any atom is 0.306 e. The first kappa shape index (κ1) is 76.9. The van der Waals surface area contributed by atoms with Gasteiger partial charge in [0.1, 0.15) is 13.2 Å². The van der Waals surface area contributed by atoms with Gasteiger partial charge in [-0.2, -0.15) is 0 Å². The summed E-state index contributed by atoms with van der Waals surface area (Å²) in [6, 6.07) is 0. The van der Waals surface area contributed by atoms with E-state index in [-0.39, 0.29) is 31.1 Å². The fourth-order valence-electron chi connectivity index (χ4n) is 10.2. The van der Waals surface area contributed by atoms with E-state index in [0.29, 0.717) is 19.3 Å². The molecule has 0 N–H and O–H groups in total. The molecule has 0 aliphatic heterocycles. The van der Waals surface area contributed by atoms with Crippen LogP contribution in [0.15, 0.2) is 72.9 Å². The van der Waals surface area contributed by atoms with Crippen molar-refractivity contribution in [2.75, 3.05) is 13.2 Å². The van der Waals surface area contributed by atoms with Gasteiger partial charge in [0, 0.05) is 19.3 Å².